The zero-order valence-electron chi connectivity index (χ0n) is 16.1. The van der Waals surface area contributed by atoms with Crippen molar-refractivity contribution in [2.45, 2.75) is 13.8 Å². The monoisotopic (exact) mass is 407 g/mol. The molecule has 0 aliphatic rings. The number of amides is 1. The van der Waals surface area contributed by atoms with Crippen LogP contribution in [0.15, 0.2) is 53.6 Å². The Morgan fingerprint density at radius 3 is 2.50 bits per heavy atom. The Hall–Kier alpha value is -4.34. The van der Waals surface area contributed by atoms with E-state index < -0.39 is 16.8 Å². The van der Waals surface area contributed by atoms with E-state index in [1.807, 2.05) is 0 Å². The van der Waals surface area contributed by atoms with Crippen LogP contribution < -0.4 is 10.2 Å². The highest BCUT2D eigenvalue weighted by molar-refractivity contribution is 5.93. The van der Waals surface area contributed by atoms with Gasteiger partial charge in [-0.2, -0.15) is 10.2 Å². The number of nitrogens with zero attached hydrogens (tertiary/aromatic N) is 3. The van der Waals surface area contributed by atoms with E-state index in [0.29, 0.717) is 16.9 Å². The van der Waals surface area contributed by atoms with Crippen LogP contribution >= 0.6 is 0 Å². The minimum Gasteiger partial charge on any atom is -0.423 e. The first-order valence-electron chi connectivity index (χ1n) is 8.76. The number of aromatic nitrogens is 2. The smallest absolute Gasteiger partial charge is 0.343 e. The molecule has 10 nitrogen and oxygen atoms in total. The highest BCUT2D eigenvalue weighted by atomic mass is 16.6. The average Bonchev–Trinajstić information content (AvgIpc) is 3.15. The number of nitrogens with one attached hydrogen (secondary N) is 2. The van der Waals surface area contributed by atoms with Crippen molar-refractivity contribution in [2.75, 3.05) is 0 Å². The van der Waals surface area contributed by atoms with Crippen LogP contribution in [0.25, 0.3) is 0 Å². The quantitative estimate of drug-likeness (QED) is 0.212. The van der Waals surface area contributed by atoms with E-state index in [0.717, 1.165) is 5.69 Å². The van der Waals surface area contributed by atoms with Gasteiger partial charge in [0.1, 0.15) is 5.75 Å². The zero-order valence-corrected chi connectivity index (χ0v) is 16.1. The maximum atomic E-state index is 12.2. The summed E-state index contributed by atoms with van der Waals surface area (Å²) >= 11 is 0. The number of nitro benzene ring substituents is 1. The fourth-order valence-electron chi connectivity index (χ4n) is 2.53. The summed E-state index contributed by atoms with van der Waals surface area (Å²) in [6.45, 7) is 3.33. The van der Waals surface area contributed by atoms with E-state index in [4.69, 9.17) is 4.74 Å². The minimum absolute atomic E-state index is 0.0651. The molecule has 2 N–H and O–H groups in total. The first kappa shape index (κ1) is 20.4. The van der Waals surface area contributed by atoms with Gasteiger partial charge in [0.05, 0.1) is 16.7 Å². The molecule has 152 valence electrons. The Kier molecular flexibility index (Phi) is 5.97. The van der Waals surface area contributed by atoms with Crippen LogP contribution in [0.5, 0.6) is 5.75 Å². The molecule has 0 spiro atoms. The Morgan fingerprint density at radius 1 is 1.17 bits per heavy atom. The summed E-state index contributed by atoms with van der Waals surface area (Å²) in [5.74, 6) is -0.778. The number of aromatic amines is 1. The van der Waals surface area contributed by atoms with Crippen LogP contribution in [-0.2, 0) is 0 Å². The third-order valence-corrected chi connectivity index (χ3v) is 4.04. The number of benzene rings is 2. The molecule has 0 bridgehead atoms. The number of aryl methyl sites for hydroxylation is 2. The van der Waals surface area contributed by atoms with Crippen molar-refractivity contribution in [3.8, 4) is 5.75 Å². The third-order valence-electron chi connectivity index (χ3n) is 4.04. The van der Waals surface area contributed by atoms with Crippen LogP contribution in [0, 0.1) is 24.0 Å². The standard InChI is InChI=1S/C20H17N5O5/c1-12-9-15(5-8-18(12)25(28)29)20(27)30-16-6-3-14(4-7-16)11-21-24-19(26)17-10-13(2)22-23-17/h3-11H,1-2H3,(H,22,23)(H,24,26)/b21-11+. The molecule has 0 atom stereocenters. The first-order chi connectivity index (χ1) is 14.3. The van der Waals surface area contributed by atoms with Gasteiger partial charge in [0.25, 0.3) is 11.6 Å². The van der Waals surface area contributed by atoms with Gasteiger partial charge in [-0.15, -0.1) is 0 Å². The molecule has 3 rings (SSSR count). The average molecular weight is 407 g/mol. The molecule has 2 aromatic carbocycles. The number of carbonyl (C=O) groups is 2. The highest BCUT2D eigenvalue weighted by Crippen LogP contribution is 2.20. The molecule has 0 radical (unpaired) electrons. The molecule has 0 saturated carbocycles. The van der Waals surface area contributed by atoms with Gasteiger partial charge in [-0.25, -0.2) is 10.2 Å². The van der Waals surface area contributed by atoms with Gasteiger partial charge < -0.3 is 4.74 Å². The SMILES string of the molecule is Cc1cc(C(=O)N/N=C/c2ccc(OC(=O)c3ccc([N+](=O)[O-])c(C)c3)cc2)n[nH]1. The molecule has 0 aliphatic carbocycles. The van der Waals surface area contributed by atoms with Gasteiger partial charge in [0.2, 0.25) is 0 Å². The molecule has 3 aromatic rings. The summed E-state index contributed by atoms with van der Waals surface area (Å²) in [4.78, 5) is 34.4. The molecule has 1 heterocycles. The Morgan fingerprint density at radius 2 is 1.90 bits per heavy atom. The maximum Gasteiger partial charge on any atom is 0.343 e. The van der Waals surface area contributed by atoms with Crippen molar-refractivity contribution in [1.82, 2.24) is 15.6 Å². The van der Waals surface area contributed by atoms with Crippen molar-refractivity contribution in [3.63, 3.8) is 0 Å². The molecule has 0 unspecified atom stereocenters. The van der Waals surface area contributed by atoms with Gasteiger partial charge >= 0.3 is 5.97 Å². The second-order valence-electron chi connectivity index (χ2n) is 6.35. The largest absolute Gasteiger partial charge is 0.423 e. The number of hydrogen-bond acceptors (Lipinski definition) is 7. The van der Waals surface area contributed by atoms with Crippen molar-refractivity contribution in [2.24, 2.45) is 5.10 Å². The van der Waals surface area contributed by atoms with Crippen LogP contribution in [0.2, 0.25) is 0 Å². The van der Waals surface area contributed by atoms with Crippen LogP contribution in [0.1, 0.15) is 37.7 Å². The zero-order chi connectivity index (χ0) is 21.7. The predicted molar refractivity (Wildman–Crippen MR) is 108 cm³/mol. The number of hydrogen-bond donors (Lipinski definition) is 2. The lowest BCUT2D eigenvalue weighted by molar-refractivity contribution is -0.385. The highest BCUT2D eigenvalue weighted by Gasteiger charge is 2.15. The molecule has 1 aromatic heterocycles. The summed E-state index contributed by atoms with van der Waals surface area (Å²) in [5, 5.41) is 21.2. The summed E-state index contributed by atoms with van der Waals surface area (Å²) in [5.41, 5.74) is 4.53. The molecule has 30 heavy (non-hydrogen) atoms. The lowest BCUT2D eigenvalue weighted by atomic mass is 10.1. The molecule has 0 aliphatic heterocycles. The maximum absolute atomic E-state index is 12.2. The third kappa shape index (κ3) is 4.93. The van der Waals surface area contributed by atoms with Crippen LogP contribution in [0.3, 0.4) is 0 Å². The van der Waals surface area contributed by atoms with Gasteiger partial charge in [-0.05, 0) is 61.9 Å². The van der Waals surface area contributed by atoms with E-state index in [9.17, 15) is 19.7 Å². The molecule has 0 saturated heterocycles. The summed E-state index contributed by atoms with van der Waals surface area (Å²) < 4.78 is 5.28. The minimum atomic E-state index is -0.629. The van der Waals surface area contributed by atoms with E-state index >= 15 is 0 Å². The summed E-state index contributed by atoms with van der Waals surface area (Å²) in [6, 6.07) is 12.1. The van der Waals surface area contributed by atoms with Crippen molar-refractivity contribution < 1.29 is 19.2 Å². The molecular formula is C20H17N5O5. The number of H-pyrrole nitrogens is 1. The lowest BCUT2D eigenvalue weighted by Crippen LogP contribution is -2.18. The fraction of sp³-hybridized carbons (Fsp3) is 0.100. The Balaban J connectivity index is 1.59. The van der Waals surface area contributed by atoms with Crippen LogP contribution in [-0.4, -0.2) is 33.2 Å². The molecule has 0 fully saturated rings. The van der Waals surface area contributed by atoms with Gasteiger partial charge in [0, 0.05) is 17.3 Å². The molecular weight excluding hydrogens is 390 g/mol. The Labute approximate surface area is 170 Å². The summed E-state index contributed by atoms with van der Waals surface area (Å²) in [6.07, 6.45) is 1.43. The second kappa shape index (κ2) is 8.78. The van der Waals surface area contributed by atoms with E-state index in [1.165, 1.54) is 24.4 Å². The number of hydrazone groups is 1. The van der Waals surface area contributed by atoms with Gasteiger partial charge in [-0.1, -0.05) is 0 Å². The second-order valence-corrected chi connectivity index (χ2v) is 6.35. The first-order valence-corrected chi connectivity index (χ1v) is 8.76. The number of ether oxygens (including phenoxy) is 1. The van der Waals surface area contributed by atoms with Gasteiger partial charge in [0.15, 0.2) is 5.69 Å². The Bertz CT molecular complexity index is 1130. The van der Waals surface area contributed by atoms with Crippen molar-refractivity contribution in [1.29, 1.82) is 0 Å². The number of carbonyl (C=O) groups excluding carboxylic acids is 2. The summed E-state index contributed by atoms with van der Waals surface area (Å²) in [7, 11) is 0. The van der Waals surface area contributed by atoms with Gasteiger partial charge in [-0.3, -0.25) is 20.0 Å². The number of esters is 1. The molecule has 10 heteroatoms. The fourth-order valence-corrected chi connectivity index (χ4v) is 2.53. The molecule has 1 amide bonds. The normalized spacial score (nSPS) is 10.7. The van der Waals surface area contributed by atoms with Crippen molar-refractivity contribution in [3.05, 3.63) is 86.7 Å². The topological polar surface area (TPSA) is 140 Å². The lowest BCUT2D eigenvalue weighted by Gasteiger charge is -2.05. The van der Waals surface area contributed by atoms with Crippen LogP contribution in [0.4, 0.5) is 5.69 Å². The van der Waals surface area contributed by atoms with E-state index in [1.54, 1.807) is 44.2 Å². The van der Waals surface area contributed by atoms with E-state index in [-0.39, 0.29) is 16.9 Å². The number of rotatable bonds is 6. The van der Waals surface area contributed by atoms with E-state index in [2.05, 4.69) is 20.7 Å². The number of nitro groups is 1. The predicted octanol–water partition coefficient (Wildman–Crippen LogP) is 2.92. The van der Waals surface area contributed by atoms with Crippen molar-refractivity contribution >= 4 is 23.8 Å².